The molecule has 0 spiro atoms. The zero-order valence-corrected chi connectivity index (χ0v) is 8.71. The fourth-order valence-electron chi connectivity index (χ4n) is 1.16. The second-order valence-electron chi connectivity index (χ2n) is 3.28. The number of aliphatic hydroxyl groups excluding tert-OH is 1. The van der Waals surface area contributed by atoms with E-state index in [9.17, 15) is 0 Å². The first-order valence-corrected chi connectivity index (χ1v) is 5.36. The topological polar surface area (TPSA) is 20.2 Å². The third-order valence-electron chi connectivity index (χ3n) is 1.99. The molecule has 0 saturated heterocycles. The van der Waals surface area contributed by atoms with Crippen molar-refractivity contribution in [2.75, 3.05) is 0 Å². The molecular weight excluding hydrogens is 160 g/mol. The maximum absolute atomic E-state index is 8.37. The maximum Gasteiger partial charge on any atom is 0.0751 e. The van der Waals surface area contributed by atoms with Gasteiger partial charge in [0.2, 0.25) is 0 Å². The second kappa shape index (κ2) is 11.3. The van der Waals surface area contributed by atoms with Crippen molar-refractivity contribution in [3.05, 3.63) is 24.5 Å². The molecule has 0 bridgehead atoms. The molecule has 0 rings (SSSR count). The Morgan fingerprint density at radius 1 is 0.846 bits per heavy atom. The van der Waals surface area contributed by atoms with Crippen LogP contribution in [-0.4, -0.2) is 5.11 Å². The summed E-state index contributed by atoms with van der Waals surface area (Å²) in [7, 11) is 0. The van der Waals surface area contributed by atoms with E-state index in [-0.39, 0.29) is 0 Å². The SMILES string of the molecule is CCCCC=CCCCCC=CO. The molecule has 13 heavy (non-hydrogen) atoms. The number of allylic oxidation sites excluding steroid dienone is 3. The predicted molar refractivity (Wildman–Crippen MR) is 58.9 cm³/mol. The molecule has 0 radical (unpaired) electrons. The average Bonchev–Trinajstić information content (AvgIpc) is 2.16. The number of hydrogen-bond donors (Lipinski definition) is 1. The monoisotopic (exact) mass is 182 g/mol. The molecule has 0 aliphatic rings. The van der Waals surface area contributed by atoms with Gasteiger partial charge in [-0.2, -0.15) is 0 Å². The van der Waals surface area contributed by atoms with E-state index in [0.29, 0.717) is 0 Å². The smallest absolute Gasteiger partial charge is 0.0751 e. The van der Waals surface area contributed by atoms with E-state index in [1.807, 2.05) is 0 Å². The number of unbranched alkanes of at least 4 members (excludes halogenated alkanes) is 5. The second-order valence-corrected chi connectivity index (χ2v) is 3.28. The highest BCUT2D eigenvalue weighted by molar-refractivity contribution is 4.81. The first-order valence-electron chi connectivity index (χ1n) is 5.36. The van der Waals surface area contributed by atoms with Crippen molar-refractivity contribution in [2.45, 2.75) is 51.9 Å². The van der Waals surface area contributed by atoms with Crippen LogP contribution < -0.4 is 0 Å². The molecule has 0 aromatic heterocycles. The first kappa shape index (κ1) is 12.3. The maximum atomic E-state index is 8.37. The lowest BCUT2D eigenvalue weighted by atomic mass is 10.1. The normalized spacial score (nSPS) is 11.8. The van der Waals surface area contributed by atoms with E-state index >= 15 is 0 Å². The van der Waals surface area contributed by atoms with Gasteiger partial charge in [-0.15, -0.1) is 0 Å². The highest BCUT2D eigenvalue weighted by atomic mass is 16.2. The molecule has 0 aromatic rings. The Morgan fingerprint density at radius 2 is 1.38 bits per heavy atom. The van der Waals surface area contributed by atoms with Gasteiger partial charge in [-0.05, 0) is 32.1 Å². The van der Waals surface area contributed by atoms with Crippen LogP contribution in [0.4, 0.5) is 0 Å². The molecule has 0 saturated carbocycles. The van der Waals surface area contributed by atoms with Gasteiger partial charge < -0.3 is 5.11 Å². The summed E-state index contributed by atoms with van der Waals surface area (Å²) in [5.74, 6) is 0. The molecule has 1 heteroatoms. The Kier molecular flexibility index (Phi) is 10.7. The summed E-state index contributed by atoms with van der Waals surface area (Å²) in [6.07, 6.45) is 15.9. The van der Waals surface area contributed by atoms with Crippen LogP contribution in [0.25, 0.3) is 0 Å². The fraction of sp³-hybridized carbons (Fsp3) is 0.667. The minimum atomic E-state index is 0.999. The van der Waals surface area contributed by atoms with E-state index in [1.165, 1.54) is 38.5 Å². The third kappa shape index (κ3) is 11.3. The highest BCUT2D eigenvalue weighted by Gasteiger charge is 1.83. The Morgan fingerprint density at radius 3 is 1.92 bits per heavy atom. The quantitative estimate of drug-likeness (QED) is 0.336. The van der Waals surface area contributed by atoms with Gasteiger partial charge in [0, 0.05) is 0 Å². The minimum Gasteiger partial charge on any atom is -0.516 e. The van der Waals surface area contributed by atoms with Gasteiger partial charge in [-0.3, -0.25) is 0 Å². The lowest BCUT2D eigenvalue weighted by Gasteiger charge is -1.92. The number of aliphatic hydroxyl groups is 1. The average molecular weight is 182 g/mol. The van der Waals surface area contributed by atoms with Crippen LogP contribution in [0.5, 0.6) is 0 Å². The van der Waals surface area contributed by atoms with Gasteiger partial charge in [0.15, 0.2) is 0 Å². The molecule has 0 amide bonds. The Labute approximate surface area is 82.2 Å². The molecule has 1 N–H and O–H groups in total. The van der Waals surface area contributed by atoms with Crippen molar-refractivity contribution >= 4 is 0 Å². The molecule has 0 heterocycles. The van der Waals surface area contributed by atoms with Gasteiger partial charge in [0.05, 0.1) is 6.26 Å². The lowest BCUT2D eigenvalue weighted by molar-refractivity contribution is 0.470. The summed E-state index contributed by atoms with van der Waals surface area (Å²) in [6.45, 7) is 2.22. The van der Waals surface area contributed by atoms with Gasteiger partial charge >= 0.3 is 0 Å². The van der Waals surface area contributed by atoms with Crippen LogP contribution in [0.3, 0.4) is 0 Å². The molecule has 0 fully saturated rings. The van der Waals surface area contributed by atoms with Gasteiger partial charge in [0.1, 0.15) is 0 Å². The summed E-state index contributed by atoms with van der Waals surface area (Å²) < 4.78 is 0. The zero-order chi connectivity index (χ0) is 9.78. The third-order valence-corrected chi connectivity index (χ3v) is 1.99. The van der Waals surface area contributed by atoms with Crippen LogP contribution in [0.1, 0.15) is 51.9 Å². The van der Waals surface area contributed by atoms with E-state index in [4.69, 9.17) is 5.11 Å². The summed E-state index contributed by atoms with van der Waals surface area (Å²) in [5, 5.41) is 8.37. The van der Waals surface area contributed by atoms with Crippen LogP contribution in [0.15, 0.2) is 24.5 Å². The number of hydrogen-bond acceptors (Lipinski definition) is 1. The molecule has 0 aliphatic carbocycles. The Bertz CT molecular complexity index is 136. The minimum absolute atomic E-state index is 0.999. The summed E-state index contributed by atoms with van der Waals surface area (Å²) >= 11 is 0. The molecule has 76 valence electrons. The summed E-state index contributed by atoms with van der Waals surface area (Å²) in [6, 6.07) is 0. The summed E-state index contributed by atoms with van der Waals surface area (Å²) in [4.78, 5) is 0. The molecule has 0 atom stereocenters. The van der Waals surface area contributed by atoms with E-state index in [0.717, 1.165) is 12.7 Å². The fourth-order valence-corrected chi connectivity index (χ4v) is 1.16. The lowest BCUT2D eigenvalue weighted by Crippen LogP contribution is -1.73. The van der Waals surface area contributed by atoms with Crippen LogP contribution in [0, 0.1) is 0 Å². The Hall–Kier alpha value is -0.720. The molecular formula is C12H22O. The first-order chi connectivity index (χ1) is 6.41. The van der Waals surface area contributed by atoms with Crippen LogP contribution in [0.2, 0.25) is 0 Å². The van der Waals surface area contributed by atoms with Crippen molar-refractivity contribution in [2.24, 2.45) is 0 Å². The summed E-state index contributed by atoms with van der Waals surface area (Å²) in [5.41, 5.74) is 0. The van der Waals surface area contributed by atoms with E-state index in [1.54, 1.807) is 6.08 Å². The van der Waals surface area contributed by atoms with Crippen molar-refractivity contribution in [1.29, 1.82) is 0 Å². The van der Waals surface area contributed by atoms with Crippen LogP contribution >= 0.6 is 0 Å². The largest absolute Gasteiger partial charge is 0.516 e. The van der Waals surface area contributed by atoms with Crippen molar-refractivity contribution < 1.29 is 5.11 Å². The molecule has 0 unspecified atom stereocenters. The van der Waals surface area contributed by atoms with Crippen molar-refractivity contribution in [3.8, 4) is 0 Å². The zero-order valence-electron chi connectivity index (χ0n) is 8.71. The van der Waals surface area contributed by atoms with Gasteiger partial charge in [-0.25, -0.2) is 0 Å². The molecule has 0 aliphatic heterocycles. The van der Waals surface area contributed by atoms with E-state index in [2.05, 4.69) is 19.1 Å². The molecule has 1 nitrogen and oxygen atoms in total. The predicted octanol–water partition coefficient (Wildman–Crippen LogP) is 4.36. The Balaban J connectivity index is 3.01. The highest BCUT2D eigenvalue weighted by Crippen LogP contribution is 2.03. The van der Waals surface area contributed by atoms with Crippen molar-refractivity contribution in [1.82, 2.24) is 0 Å². The van der Waals surface area contributed by atoms with Gasteiger partial charge in [-0.1, -0.05) is 38.0 Å². The standard InChI is InChI=1S/C12H22O/c1-2-3-4-5-6-7-8-9-10-11-12-13/h5-6,11-13H,2-4,7-10H2,1H3. The molecule has 0 aromatic carbocycles. The van der Waals surface area contributed by atoms with Crippen LogP contribution in [-0.2, 0) is 0 Å². The van der Waals surface area contributed by atoms with E-state index < -0.39 is 0 Å². The van der Waals surface area contributed by atoms with Crippen molar-refractivity contribution in [3.63, 3.8) is 0 Å². The number of rotatable bonds is 8. The van der Waals surface area contributed by atoms with Gasteiger partial charge in [0.25, 0.3) is 0 Å².